The molecular formula is C26H42N4O4. The number of hydrogen-bond donors (Lipinski definition) is 2. The Labute approximate surface area is 203 Å². The van der Waals surface area contributed by atoms with Gasteiger partial charge in [-0.15, -0.1) is 0 Å². The highest BCUT2D eigenvalue weighted by atomic mass is 16.5. The van der Waals surface area contributed by atoms with Gasteiger partial charge in [-0.1, -0.05) is 84.0 Å². The molecule has 1 aliphatic rings. The third kappa shape index (κ3) is 9.94. The normalized spacial score (nSPS) is 19.7. The number of aliphatic hydroxyl groups is 1. The predicted octanol–water partition coefficient (Wildman–Crippen LogP) is 5.08. The molecule has 1 aromatic heterocycles. The second-order valence-corrected chi connectivity index (χ2v) is 9.35. The summed E-state index contributed by atoms with van der Waals surface area (Å²) in [7, 11) is 0. The zero-order valence-corrected chi connectivity index (χ0v) is 20.7. The lowest BCUT2D eigenvalue weighted by atomic mass is 10.0. The Bertz CT molecular complexity index is 820. The van der Waals surface area contributed by atoms with Gasteiger partial charge in [-0.05, 0) is 18.9 Å². The van der Waals surface area contributed by atoms with E-state index in [1.165, 1.54) is 81.0 Å². The predicted molar refractivity (Wildman–Crippen MR) is 132 cm³/mol. The summed E-state index contributed by atoms with van der Waals surface area (Å²) in [6.07, 6.45) is 17.3. The molecule has 190 valence electrons. The van der Waals surface area contributed by atoms with Crippen molar-refractivity contribution in [3.05, 3.63) is 22.7 Å². The second kappa shape index (κ2) is 16.4. The van der Waals surface area contributed by atoms with E-state index < -0.39 is 23.9 Å². The summed E-state index contributed by atoms with van der Waals surface area (Å²) >= 11 is 0. The summed E-state index contributed by atoms with van der Waals surface area (Å²) in [5.74, 6) is -0.487. The van der Waals surface area contributed by atoms with E-state index in [0.29, 0.717) is 12.8 Å². The number of nitrogens with one attached hydrogen (secondary N) is 1. The average molecular weight is 475 g/mol. The van der Waals surface area contributed by atoms with Crippen molar-refractivity contribution in [3.8, 4) is 6.07 Å². The highest BCUT2D eigenvalue weighted by molar-refractivity contribution is 5.89. The number of carbonyl (C=O) groups excluding carboxylic acids is 1. The number of nitrogens with zero attached hydrogens (tertiary/aromatic N) is 3. The molecule has 34 heavy (non-hydrogen) atoms. The van der Waals surface area contributed by atoms with Gasteiger partial charge < -0.3 is 15.2 Å². The smallest absolute Gasteiger partial charge is 0.351 e. The van der Waals surface area contributed by atoms with E-state index in [4.69, 9.17) is 4.74 Å². The van der Waals surface area contributed by atoms with E-state index in [0.717, 1.165) is 19.3 Å². The summed E-state index contributed by atoms with van der Waals surface area (Å²) < 4.78 is 6.84. The van der Waals surface area contributed by atoms with E-state index in [-0.39, 0.29) is 18.3 Å². The quantitative estimate of drug-likeness (QED) is 0.304. The van der Waals surface area contributed by atoms with Crippen molar-refractivity contribution in [3.63, 3.8) is 0 Å². The Morgan fingerprint density at radius 3 is 2.24 bits per heavy atom. The molecule has 2 rings (SSSR count). The molecule has 1 aliphatic heterocycles. The maximum atomic E-state index is 12.4. The number of unbranched alkanes of at least 4 members (excludes halogenated alkanes) is 12. The van der Waals surface area contributed by atoms with Crippen LogP contribution in [0, 0.1) is 17.2 Å². The van der Waals surface area contributed by atoms with Crippen LogP contribution in [0.25, 0.3) is 0 Å². The molecule has 1 unspecified atom stereocenters. The van der Waals surface area contributed by atoms with Crippen molar-refractivity contribution in [2.75, 3.05) is 11.9 Å². The van der Waals surface area contributed by atoms with Crippen LogP contribution in [0.5, 0.6) is 0 Å². The molecular weight excluding hydrogens is 432 g/mol. The molecule has 3 atom stereocenters. The fourth-order valence-electron chi connectivity index (χ4n) is 4.43. The molecule has 8 nitrogen and oxygen atoms in total. The number of anilines is 1. The Hall–Kier alpha value is -2.24. The Balaban J connectivity index is 1.58. The number of aromatic nitrogens is 2. The second-order valence-electron chi connectivity index (χ2n) is 9.35. The van der Waals surface area contributed by atoms with E-state index in [1.807, 2.05) is 0 Å². The van der Waals surface area contributed by atoms with Gasteiger partial charge in [0.2, 0.25) is 5.91 Å². The van der Waals surface area contributed by atoms with E-state index in [9.17, 15) is 20.0 Å². The average Bonchev–Trinajstić information content (AvgIpc) is 3.25. The zero-order valence-electron chi connectivity index (χ0n) is 20.7. The van der Waals surface area contributed by atoms with Crippen LogP contribution in [-0.4, -0.2) is 33.3 Å². The SMILES string of the molecule is CCCCCCCCCCCCCCCC(=O)Nc1ccn([C@@H]2OC(CO)C[C@@H]2C#N)c(=O)n1. The number of amides is 1. The number of carbonyl (C=O) groups is 1. The Morgan fingerprint density at radius 2 is 1.71 bits per heavy atom. The van der Waals surface area contributed by atoms with Gasteiger partial charge in [0, 0.05) is 12.6 Å². The maximum Gasteiger partial charge on any atom is 0.351 e. The van der Waals surface area contributed by atoms with E-state index in [1.54, 1.807) is 0 Å². The van der Waals surface area contributed by atoms with Crippen LogP contribution < -0.4 is 11.0 Å². The van der Waals surface area contributed by atoms with Crippen molar-refractivity contribution >= 4 is 11.7 Å². The number of nitriles is 1. The summed E-state index contributed by atoms with van der Waals surface area (Å²) in [5, 5.41) is 21.2. The molecule has 0 saturated carbocycles. The summed E-state index contributed by atoms with van der Waals surface area (Å²) in [6, 6.07) is 3.65. The first kappa shape index (κ1) is 28.0. The van der Waals surface area contributed by atoms with Crippen LogP contribution in [0.2, 0.25) is 0 Å². The van der Waals surface area contributed by atoms with Gasteiger partial charge in [0.25, 0.3) is 0 Å². The minimum absolute atomic E-state index is 0.153. The third-order valence-corrected chi connectivity index (χ3v) is 6.44. The molecule has 2 heterocycles. The first-order valence-electron chi connectivity index (χ1n) is 13.1. The summed E-state index contributed by atoms with van der Waals surface area (Å²) in [4.78, 5) is 28.5. The summed E-state index contributed by atoms with van der Waals surface area (Å²) in [6.45, 7) is 2.05. The van der Waals surface area contributed by atoms with Crippen LogP contribution in [0.1, 0.15) is 109 Å². The van der Waals surface area contributed by atoms with Gasteiger partial charge in [0.05, 0.1) is 24.7 Å². The molecule has 8 heteroatoms. The van der Waals surface area contributed by atoms with Gasteiger partial charge in [-0.2, -0.15) is 10.2 Å². The van der Waals surface area contributed by atoms with Crippen LogP contribution in [0.15, 0.2) is 17.1 Å². The highest BCUT2D eigenvalue weighted by Crippen LogP contribution is 2.32. The molecule has 1 fully saturated rings. The van der Waals surface area contributed by atoms with Gasteiger partial charge >= 0.3 is 5.69 Å². The fraction of sp³-hybridized carbons (Fsp3) is 0.769. The molecule has 0 aliphatic carbocycles. The Kier molecular flexibility index (Phi) is 13.5. The number of hydrogen-bond acceptors (Lipinski definition) is 6. The minimum Gasteiger partial charge on any atom is -0.394 e. The third-order valence-electron chi connectivity index (χ3n) is 6.44. The molecule has 0 bridgehead atoms. The van der Waals surface area contributed by atoms with Gasteiger partial charge in [-0.25, -0.2) is 4.79 Å². The maximum absolute atomic E-state index is 12.4. The molecule has 0 spiro atoms. The number of aliphatic hydroxyl groups excluding tert-OH is 1. The van der Waals surface area contributed by atoms with E-state index in [2.05, 4.69) is 23.3 Å². The lowest BCUT2D eigenvalue weighted by Gasteiger charge is -2.16. The van der Waals surface area contributed by atoms with Crippen LogP contribution in [0.3, 0.4) is 0 Å². The van der Waals surface area contributed by atoms with Crippen LogP contribution in [0.4, 0.5) is 5.82 Å². The topological polar surface area (TPSA) is 117 Å². The number of ether oxygens (including phenoxy) is 1. The van der Waals surface area contributed by atoms with Crippen LogP contribution in [-0.2, 0) is 9.53 Å². The fourth-order valence-corrected chi connectivity index (χ4v) is 4.43. The zero-order chi connectivity index (χ0) is 24.6. The lowest BCUT2D eigenvalue weighted by Crippen LogP contribution is -2.30. The lowest BCUT2D eigenvalue weighted by molar-refractivity contribution is -0.116. The highest BCUT2D eigenvalue weighted by Gasteiger charge is 2.36. The molecule has 0 aromatic carbocycles. The van der Waals surface area contributed by atoms with Gasteiger partial charge in [0.1, 0.15) is 5.82 Å². The van der Waals surface area contributed by atoms with Crippen molar-refractivity contribution in [2.45, 2.75) is 116 Å². The first-order chi connectivity index (χ1) is 16.6. The molecule has 1 saturated heterocycles. The monoisotopic (exact) mass is 474 g/mol. The van der Waals surface area contributed by atoms with Crippen molar-refractivity contribution in [2.24, 2.45) is 5.92 Å². The largest absolute Gasteiger partial charge is 0.394 e. The van der Waals surface area contributed by atoms with Gasteiger partial charge in [-0.3, -0.25) is 9.36 Å². The minimum atomic E-state index is -0.780. The van der Waals surface area contributed by atoms with Crippen molar-refractivity contribution in [1.82, 2.24) is 9.55 Å². The molecule has 0 radical (unpaired) electrons. The molecule has 1 aromatic rings. The number of rotatable bonds is 17. The van der Waals surface area contributed by atoms with Crippen molar-refractivity contribution in [1.29, 1.82) is 5.26 Å². The molecule has 2 N–H and O–H groups in total. The van der Waals surface area contributed by atoms with Crippen LogP contribution >= 0.6 is 0 Å². The van der Waals surface area contributed by atoms with Crippen molar-refractivity contribution < 1.29 is 14.6 Å². The van der Waals surface area contributed by atoms with Gasteiger partial charge in [0.15, 0.2) is 6.23 Å². The Morgan fingerprint density at radius 1 is 1.12 bits per heavy atom. The first-order valence-corrected chi connectivity index (χ1v) is 13.1. The summed E-state index contributed by atoms with van der Waals surface area (Å²) in [5.41, 5.74) is -0.595. The molecule has 1 amide bonds. The standard InChI is InChI=1S/C26H42N4O4/c1-2-3-4-5-6-7-8-9-10-11-12-13-14-15-24(32)28-23-16-17-30(26(33)29-23)25-21(19-27)18-22(20-31)34-25/h16-17,21-22,25,31H,2-15,18,20H2,1H3,(H,28,29,32,33)/t21-,22?,25-/m1/s1. The van der Waals surface area contributed by atoms with E-state index >= 15 is 0 Å².